The molecular weight excluding hydrogens is 324 g/mol. The van der Waals surface area contributed by atoms with Crippen LogP contribution in [0.2, 0.25) is 0 Å². The molecule has 1 aromatic carbocycles. The number of benzene rings is 1. The van der Waals surface area contributed by atoms with E-state index in [1.54, 1.807) is 11.9 Å². The Balaban J connectivity index is 1.84. The van der Waals surface area contributed by atoms with Crippen molar-refractivity contribution in [2.75, 3.05) is 40.3 Å². The number of hydrogen-bond acceptors (Lipinski definition) is 3. The predicted octanol–water partition coefficient (Wildman–Crippen LogP) is 2.81. The highest BCUT2D eigenvalue weighted by atomic mass is 19.2. The molecule has 1 N–H and O–H groups in total. The Morgan fingerprint density at radius 3 is 2.60 bits per heavy atom. The summed E-state index contributed by atoms with van der Waals surface area (Å²) >= 11 is 0. The molecule has 140 valence electrons. The van der Waals surface area contributed by atoms with E-state index in [9.17, 15) is 13.6 Å². The predicted molar refractivity (Wildman–Crippen MR) is 95.3 cm³/mol. The Labute approximate surface area is 149 Å². The van der Waals surface area contributed by atoms with Gasteiger partial charge < -0.3 is 10.2 Å². The summed E-state index contributed by atoms with van der Waals surface area (Å²) in [6, 6.07) is 3.50. The first kappa shape index (κ1) is 19.8. The van der Waals surface area contributed by atoms with Gasteiger partial charge in [-0.15, -0.1) is 0 Å². The molecule has 1 fully saturated rings. The van der Waals surface area contributed by atoms with E-state index in [4.69, 9.17) is 0 Å². The number of likely N-dealkylation sites (tertiary alicyclic amines) is 1. The summed E-state index contributed by atoms with van der Waals surface area (Å²) in [4.78, 5) is 16.3. The van der Waals surface area contributed by atoms with Crippen LogP contribution in [-0.2, 0) is 4.79 Å². The highest BCUT2D eigenvalue weighted by Crippen LogP contribution is 2.23. The van der Waals surface area contributed by atoms with Crippen LogP contribution >= 0.6 is 0 Å². The molecule has 6 heteroatoms. The molecule has 1 aromatic rings. The van der Waals surface area contributed by atoms with Gasteiger partial charge >= 0.3 is 0 Å². The minimum absolute atomic E-state index is 0.00547. The van der Waals surface area contributed by atoms with Crippen molar-refractivity contribution in [3.63, 3.8) is 0 Å². The van der Waals surface area contributed by atoms with Crippen LogP contribution in [0, 0.1) is 17.6 Å². The third kappa shape index (κ3) is 5.47. The average Bonchev–Trinajstić information content (AvgIpc) is 2.62. The lowest BCUT2D eigenvalue weighted by Crippen LogP contribution is -2.43. The average molecular weight is 353 g/mol. The summed E-state index contributed by atoms with van der Waals surface area (Å²) in [5.74, 6) is -1.01. The zero-order valence-corrected chi connectivity index (χ0v) is 15.4. The molecule has 0 saturated carbocycles. The maximum absolute atomic E-state index is 13.4. The van der Waals surface area contributed by atoms with Crippen molar-refractivity contribution in [1.29, 1.82) is 0 Å². The second-order valence-corrected chi connectivity index (χ2v) is 6.97. The van der Waals surface area contributed by atoms with Crippen molar-refractivity contribution in [2.45, 2.75) is 32.2 Å². The third-order valence-corrected chi connectivity index (χ3v) is 5.27. The molecule has 0 radical (unpaired) electrons. The molecule has 1 heterocycles. The number of amides is 1. The van der Waals surface area contributed by atoms with E-state index in [1.165, 1.54) is 12.5 Å². The maximum Gasteiger partial charge on any atom is 0.236 e. The third-order valence-electron chi connectivity index (χ3n) is 5.27. The number of carbonyl (C=O) groups is 1. The van der Waals surface area contributed by atoms with Gasteiger partial charge in [0, 0.05) is 7.05 Å². The lowest BCUT2D eigenvalue weighted by atomic mass is 9.93. The topological polar surface area (TPSA) is 35.6 Å². The summed E-state index contributed by atoms with van der Waals surface area (Å²) in [6.45, 7) is 5.12. The largest absolute Gasteiger partial charge is 0.338 e. The van der Waals surface area contributed by atoms with Gasteiger partial charge in [0.15, 0.2) is 11.6 Å². The molecule has 1 amide bonds. The van der Waals surface area contributed by atoms with E-state index in [2.05, 4.69) is 10.2 Å². The first-order chi connectivity index (χ1) is 11.9. The van der Waals surface area contributed by atoms with E-state index in [0.29, 0.717) is 12.1 Å². The summed E-state index contributed by atoms with van der Waals surface area (Å²) in [5, 5.41) is 3.18. The highest BCUT2D eigenvalue weighted by molar-refractivity contribution is 5.78. The molecule has 1 atom stereocenters. The van der Waals surface area contributed by atoms with Crippen LogP contribution in [0.4, 0.5) is 8.78 Å². The lowest BCUT2D eigenvalue weighted by Gasteiger charge is -2.33. The molecule has 1 aliphatic heterocycles. The summed E-state index contributed by atoms with van der Waals surface area (Å²) < 4.78 is 26.5. The number of nitrogens with one attached hydrogen (secondary N) is 1. The quantitative estimate of drug-likeness (QED) is 0.819. The van der Waals surface area contributed by atoms with Crippen LogP contribution in [0.1, 0.15) is 37.8 Å². The van der Waals surface area contributed by atoms with Gasteiger partial charge in [-0.25, -0.2) is 8.78 Å². The number of nitrogens with zero attached hydrogens (tertiary/aromatic N) is 2. The van der Waals surface area contributed by atoms with Gasteiger partial charge in [-0.2, -0.15) is 0 Å². The second kappa shape index (κ2) is 9.25. The molecule has 1 saturated heterocycles. The molecule has 4 nitrogen and oxygen atoms in total. The minimum Gasteiger partial charge on any atom is -0.338 e. The van der Waals surface area contributed by atoms with Gasteiger partial charge in [-0.3, -0.25) is 9.69 Å². The fourth-order valence-electron chi connectivity index (χ4n) is 3.30. The molecule has 0 bridgehead atoms. The van der Waals surface area contributed by atoms with E-state index in [1.807, 2.05) is 14.0 Å². The molecule has 2 rings (SSSR count). The van der Waals surface area contributed by atoms with Crippen molar-refractivity contribution < 1.29 is 13.6 Å². The van der Waals surface area contributed by atoms with Crippen molar-refractivity contribution in [1.82, 2.24) is 15.1 Å². The van der Waals surface area contributed by atoms with E-state index in [-0.39, 0.29) is 11.9 Å². The van der Waals surface area contributed by atoms with Crippen LogP contribution in [0.5, 0.6) is 0 Å². The van der Waals surface area contributed by atoms with E-state index in [0.717, 1.165) is 50.5 Å². The summed E-state index contributed by atoms with van der Waals surface area (Å²) in [5.41, 5.74) is 0.598. The summed E-state index contributed by atoms with van der Waals surface area (Å²) in [6.07, 6.45) is 3.43. The number of rotatable bonds is 7. The Morgan fingerprint density at radius 2 is 2.00 bits per heavy atom. The number of likely N-dealkylation sites (N-methyl/N-ethyl adjacent to an activating group) is 1. The van der Waals surface area contributed by atoms with Crippen LogP contribution in [0.25, 0.3) is 0 Å². The van der Waals surface area contributed by atoms with Gasteiger partial charge in [0.2, 0.25) is 5.91 Å². The zero-order chi connectivity index (χ0) is 18.4. The molecule has 0 aliphatic carbocycles. The first-order valence-corrected chi connectivity index (χ1v) is 9.00. The Hall–Kier alpha value is -1.53. The summed E-state index contributed by atoms with van der Waals surface area (Å²) in [7, 11) is 3.69. The van der Waals surface area contributed by atoms with E-state index < -0.39 is 11.6 Å². The van der Waals surface area contributed by atoms with Crippen molar-refractivity contribution >= 4 is 5.91 Å². The second-order valence-electron chi connectivity index (χ2n) is 6.97. The Kier molecular flexibility index (Phi) is 7.32. The minimum atomic E-state index is -0.881. The fraction of sp³-hybridized carbons (Fsp3) is 0.632. The number of hydrogen-bond donors (Lipinski definition) is 1. The van der Waals surface area contributed by atoms with Gasteiger partial charge in [-0.05, 0) is 76.5 Å². The van der Waals surface area contributed by atoms with Crippen LogP contribution in [0.15, 0.2) is 18.2 Å². The highest BCUT2D eigenvalue weighted by Gasteiger charge is 2.24. The Morgan fingerprint density at radius 1 is 1.32 bits per heavy atom. The molecule has 25 heavy (non-hydrogen) atoms. The smallest absolute Gasteiger partial charge is 0.236 e. The maximum atomic E-state index is 13.4. The zero-order valence-electron chi connectivity index (χ0n) is 15.4. The normalized spacial score (nSPS) is 17.5. The Bertz CT molecular complexity index is 574. The van der Waals surface area contributed by atoms with Crippen molar-refractivity contribution in [2.24, 2.45) is 5.92 Å². The standard InChI is InChI=1S/C19H29F2N3O/c1-14(16-4-5-17(20)18(21)12-16)23(3)19(25)13-24-10-7-15(8-11-24)6-9-22-2/h4-5,12,14-15,22H,6-11,13H2,1-3H3. The van der Waals surface area contributed by atoms with Crippen molar-refractivity contribution in [3.8, 4) is 0 Å². The SMILES string of the molecule is CNCCC1CCN(CC(=O)N(C)C(C)c2ccc(F)c(F)c2)CC1. The number of halogens is 2. The van der Waals surface area contributed by atoms with Crippen LogP contribution in [-0.4, -0.2) is 56.0 Å². The van der Waals surface area contributed by atoms with E-state index >= 15 is 0 Å². The molecule has 1 unspecified atom stereocenters. The monoisotopic (exact) mass is 353 g/mol. The molecule has 0 aromatic heterocycles. The van der Waals surface area contributed by atoms with Gasteiger partial charge in [0.1, 0.15) is 0 Å². The molecule has 1 aliphatic rings. The van der Waals surface area contributed by atoms with Gasteiger partial charge in [0.25, 0.3) is 0 Å². The van der Waals surface area contributed by atoms with Gasteiger partial charge in [0.05, 0.1) is 12.6 Å². The molecular formula is C19H29F2N3O. The number of piperidine rings is 1. The van der Waals surface area contributed by atoms with Crippen LogP contribution in [0.3, 0.4) is 0 Å². The first-order valence-electron chi connectivity index (χ1n) is 9.00. The molecule has 0 spiro atoms. The fourth-order valence-corrected chi connectivity index (χ4v) is 3.30. The number of carbonyl (C=O) groups excluding carboxylic acids is 1. The lowest BCUT2D eigenvalue weighted by molar-refractivity contribution is -0.133. The van der Waals surface area contributed by atoms with Crippen LogP contribution < -0.4 is 5.32 Å². The van der Waals surface area contributed by atoms with Crippen molar-refractivity contribution in [3.05, 3.63) is 35.4 Å². The van der Waals surface area contributed by atoms with Gasteiger partial charge in [-0.1, -0.05) is 6.07 Å².